The summed E-state index contributed by atoms with van der Waals surface area (Å²) in [6.45, 7) is 0. The summed E-state index contributed by atoms with van der Waals surface area (Å²) in [6, 6.07) is 13.1. The quantitative estimate of drug-likeness (QED) is 0.573. The number of hydrogen-bond acceptors (Lipinski definition) is 0. The van der Waals surface area contributed by atoms with Gasteiger partial charge in [0.25, 0.3) is 0 Å². The second-order valence-electron chi connectivity index (χ2n) is 3.18. The first-order valence-electron chi connectivity index (χ1n) is 4.65. The Morgan fingerprint density at radius 3 is 1.50 bits per heavy atom. The van der Waals surface area contributed by atoms with E-state index in [0.29, 0.717) is 10.6 Å². The fourth-order valence-electron chi connectivity index (χ4n) is 1.35. The summed E-state index contributed by atoms with van der Waals surface area (Å²) >= 11 is 2.11. The van der Waals surface area contributed by atoms with Crippen molar-refractivity contribution in [2.45, 2.75) is 0 Å². The van der Waals surface area contributed by atoms with Gasteiger partial charge in [-0.1, -0.05) is 36.4 Å². The van der Waals surface area contributed by atoms with E-state index in [0.717, 1.165) is 0 Å². The molecule has 0 nitrogen and oxygen atoms in total. The zero-order valence-corrected chi connectivity index (χ0v) is 11.3. The van der Waals surface area contributed by atoms with E-state index in [-0.39, 0.29) is 11.6 Å². The SMILES string of the molecule is Fc1ccccc1P(I)c1ccccc1F. The lowest BCUT2D eigenvalue weighted by molar-refractivity contribution is 0.634. The molecule has 0 atom stereocenters. The molecule has 0 saturated heterocycles. The van der Waals surface area contributed by atoms with E-state index in [1.807, 2.05) is 0 Å². The molecular formula is C12H8F2IP. The lowest BCUT2D eigenvalue weighted by atomic mass is 10.3. The van der Waals surface area contributed by atoms with Gasteiger partial charge in [0.2, 0.25) is 0 Å². The second kappa shape index (κ2) is 5.19. The van der Waals surface area contributed by atoms with Crippen molar-refractivity contribution in [2.75, 3.05) is 0 Å². The predicted octanol–water partition coefficient (Wildman–Crippen LogP) is 3.75. The molecule has 0 N–H and O–H groups in total. The number of hydrogen-bond donors (Lipinski definition) is 0. The number of benzene rings is 2. The van der Waals surface area contributed by atoms with Gasteiger partial charge in [0.05, 0.1) is 0 Å². The summed E-state index contributed by atoms with van der Waals surface area (Å²) in [5, 5.41) is 1.14. The molecule has 0 bridgehead atoms. The van der Waals surface area contributed by atoms with Gasteiger partial charge in [0.15, 0.2) is 0 Å². The summed E-state index contributed by atoms with van der Waals surface area (Å²) in [5.41, 5.74) is -0.992. The summed E-state index contributed by atoms with van der Waals surface area (Å²) in [6.07, 6.45) is 0. The lowest BCUT2D eigenvalue weighted by Crippen LogP contribution is -2.13. The van der Waals surface area contributed by atoms with Crippen LogP contribution in [0, 0.1) is 11.6 Å². The van der Waals surface area contributed by atoms with Crippen LogP contribution in [0.25, 0.3) is 0 Å². The Bertz CT molecular complexity index is 456. The van der Waals surface area contributed by atoms with E-state index in [9.17, 15) is 8.78 Å². The fourth-order valence-corrected chi connectivity index (χ4v) is 4.92. The van der Waals surface area contributed by atoms with Crippen LogP contribution in [-0.2, 0) is 0 Å². The highest BCUT2D eigenvalue weighted by Gasteiger charge is 2.16. The number of halogens is 3. The maximum absolute atomic E-state index is 13.5. The maximum Gasteiger partial charge on any atom is 0.131 e. The first-order valence-corrected chi connectivity index (χ1v) is 8.78. The summed E-state index contributed by atoms with van der Waals surface area (Å²) in [5.74, 6) is -0.544. The van der Waals surface area contributed by atoms with Crippen LogP contribution in [0.1, 0.15) is 0 Å². The molecule has 0 fully saturated rings. The van der Waals surface area contributed by atoms with E-state index in [4.69, 9.17) is 0 Å². The Morgan fingerprint density at radius 2 is 1.12 bits per heavy atom. The van der Waals surface area contributed by atoms with Gasteiger partial charge in [-0.25, -0.2) is 8.78 Å². The van der Waals surface area contributed by atoms with E-state index in [1.165, 1.54) is 12.1 Å². The summed E-state index contributed by atoms with van der Waals surface area (Å²) < 4.78 is 27.1. The number of rotatable bonds is 2. The third-order valence-corrected chi connectivity index (χ3v) is 6.82. The average Bonchev–Trinajstić information content (AvgIpc) is 2.29. The van der Waals surface area contributed by atoms with Gasteiger partial charge in [0, 0.05) is 16.2 Å². The van der Waals surface area contributed by atoms with E-state index in [2.05, 4.69) is 22.0 Å². The summed E-state index contributed by atoms with van der Waals surface area (Å²) in [4.78, 5) is 0. The minimum Gasteiger partial charge on any atom is -0.206 e. The van der Waals surface area contributed by atoms with Crippen molar-refractivity contribution in [1.29, 1.82) is 0 Å². The third-order valence-electron chi connectivity index (χ3n) is 2.13. The molecule has 2 aromatic carbocycles. The van der Waals surface area contributed by atoms with Crippen LogP contribution in [0.4, 0.5) is 8.78 Å². The van der Waals surface area contributed by atoms with Gasteiger partial charge in [-0.3, -0.25) is 0 Å². The highest BCUT2D eigenvalue weighted by Crippen LogP contribution is 2.43. The fraction of sp³-hybridized carbons (Fsp3) is 0. The first kappa shape index (κ1) is 11.9. The van der Waals surface area contributed by atoms with Gasteiger partial charge in [0.1, 0.15) is 11.6 Å². The molecule has 0 aliphatic carbocycles. The van der Waals surface area contributed by atoms with Crippen molar-refractivity contribution in [2.24, 2.45) is 0 Å². The first-order chi connectivity index (χ1) is 7.70. The van der Waals surface area contributed by atoms with Gasteiger partial charge in [-0.05, 0) is 34.2 Å². The molecule has 0 amide bonds. The highest BCUT2D eigenvalue weighted by molar-refractivity contribution is 14.2. The van der Waals surface area contributed by atoms with Crippen molar-refractivity contribution in [3.63, 3.8) is 0 Å². The van der Waals surface area contributed by atoms with Gasteiger partial charge in [-0.15, -0.1) is 0 Å². The third kappa shape index (κ3) is 2.41. The minimum absolute atomic E-state index is 0.272. The Morgan fingerprint density at radius 1 is 0.750 bits per heavy atom. The van der Waals surface area contributed by atoms with Crippen LogP contribution in [0.5, 0.6) is 0 Å². The maximum atomic E-state index is 13.5. The van der Waals surface area contributed by atoms with Crippen molar-refractivity contribution < 1.29 is 8.78 Å². The molecule has 0 saturated carbocycles. The van der Waals surface area contributed by atoms with Crippen LogP contribution in [-0.4, -0.2) is 0 Å². The normalized spacial score (nSPS) is 10.8. The molecule has 82 valence electrons. The van der Waals surface area contributed by atoms with E-state index < -0.39 is 5.56 Å². The molecule has 0 aliphatic rings. The van der Waals surface area contributed by atoms with Crippen LogP contribution in [0.3, 0.4) is 0 Å². The molecule has 0 spiro atoms. The second-order valence-corrected chi connectivity index (χ2v) is 7.60. The molecule has 4 heteroatoms. The minimum atomic E-state index is -0.992. The van der Waals surface area contributed by atoms with Gasteiger partial charge >= 0.3 is 0 Å². The topological polar surface area (TPSA) is 0 Å². The molecular weight excluding hydrogens is 340 g/mol. The Hall–Kier alpha value is -0.540. The molecule has 16 heavy (non-hydrogen) atoms. The predicted molar refractivity (Wildman–Crippen MR) is 73.0 cm³/mol. The lowest BCUT2D eigenvalue weighted by Gasteiger charge is -2.12. The largest absolute Gasteiger partial charge is 0.206 e. The molecule has 0 radical (unpaired) electrons. The Kier molecular flexibility index (Phi) is 3.87. The molecule has 0 aliphatic heterocycles. The van der Waals surface area contributed by atoms with Crippen molar-refractivity contribution in [3.8, 4) is 0 Å². The molecule has 0 unspecified atom stereocenters. The van der Waals surface area contributed by atoms with Crippen molar-refractivity contribution in [1.82, 2.24) is 0 Å². The van der Waals surface area contributed by atoms with Crippen LogP contribution >= 0.6 is 27.6 Å². The van der Waals surface area contributed by atoms with Crippen LogP contribution in [0.15, 0.2) is 48.5 Å². The van der Waals surface area contributed by atoms with Gasteiger partial charge in [-0.2, -0.15) is 0 Å². The Balaban J connectivity index is 2.44. The average molecular weight is 348 g/mol. The zero-order chi connectivity index (χ0) is 11.5. The van der Waals surface area contributed by atoms with Gasteiger partial charge < -0.3 is 0 Å². The molecule has 0 heterocycles. The van der Waals surface area contributed by atoms with E-state index >= 15 is 0 Å². The van der Waals surface area contributed by atoms with Crippen molar-refractivity contribution in [3.05, 3.63) is 60.2 Å². The van der Waals surface area contributed by atoms with Crippen LogP contribution in [0.2, 0.25) is 0 Å². The highest BCUT2D eigenvalue weighted by atomic mass is 127. The standard InChI is InChI=1S/C12H8F2IP/c13-9-5-1-3-7-11(9)16(15)12-8-4-2-6-10(12)14/h1-8H. The monoisotopic (exact) mass is 348 g/mol. The zero-order valence-electron chi connectivity index (χ0n) is 8.20. The molecule has 2 rings (SSSR count). The Labute approximate surface area is 107 Å². The smallest absolute Gasteiger partial charge is 0.131 e. The van der Waals surface area contributed by atoms with E-state index in [1.54, 1.807) is 36.4 Å². The summed E-state index contributed by atoms with van der Waals surface area (Å²) in [7, 11) is 0. The molecule has 0 aromatic heterocycles. The molecule has 2 aromatic rings. The van der Waals surface area contributed by atoms with Crippen LogP contribution < -0.4 is 10.6 Å². The van der Waals surface area contributed by atoms with Crippen molar-refractivity contribution >= 4 is 38.2 Å².